The number of nitrogens with two attached hydrogens (primary N) is 1. The van der Waals surface area contributed by atoms with Gasteiger partial charge in [0.15, 0.2) is 0 Å². The summed E-state index contributed by atoms with van der Waals surface area (Å²) in [6.07, 6.45) is 6.44. The second kappa shape index (κ2) is 8.79. The van der Waals surface area contributed by atoms with Crippen molar-refractivity contribution in [1.82, 2.24) is 4.90 Å². The third-order valence-electron chi connectivity index (χ3n) is 5.73. The van der Waals surface area contributed by atoms with E-state index in [9.17, 15) is 9.90 Å². The van der Waals surface area contributed by atoms with Crippen LogP contribution in [-0.2, 0) is 9.53 Å². The van der Waals surface area contributed by atoms with Gasteiger partial charge in [0.05, 0.1) is 18.8 Å². The molecular weight excluding hydrogens is 316 g/mol. The van der Waals surface area contributed by atoms with Gasteiger partial charge < -0.3 is 20.5 Å². The van der Waals surface area contributed by atoms with Crippen LogP contribution >= 0.6 is 0 Å². The average Bonchev–Trinajstić information content (AvgIpc) is 2.67. The summed E-state index contributed by atoms with van der Waals surface area (Å²) in [6.45, 7) is 0.695. The Hall–Kier alpha value is -1.43. The number of aliphatic hydroxyl groups is 1. The molecule has 2 aliphatic rings. The minimum Gasteiger partial charge on any atom is -0.387 e. The molecule has 0 spiro atoms. The third-order valence-corrected chi connectivity index (χ3v) is 5.73. The largest absolute Gasteiger partial charge is 0.387 e. The summed E-state index contributed by atoms with van der Waals surface area (Å²) in [5.74, 6) is 0.391. The summed E-state index contributed by atoms with van der Waals surface area (Å²) in [7, 11) is 0. The van der Waals surface area contributed by atoms with E-state index in [-0.39, 0.29) is 24.1 Å². The number of benzene rings is 1. The van der Waals surface area contributed by atoms with Gasteiger partial charge >= 0.3 is 0 Å². The molecule has 0 unspecified atom stereocenters. The third kappa shape index (κ3) is 4.60. The van der Waals surface area contributed by atoms with E-state index in [1.807, 2.05) is 0 Å². The molecule has 2 atom stereocenters. The van der Waals surface area contributed by atoms with Gasteiger partial charge in [-0.3, -0.25) is 4.79 Å². The highest BCUT2D eigenvalue weighted by Crippen LogP contribution is 2.34. The molecule has 1 amide bonds. The summed E-state index contributed by atoms with van der Waals surface area (Å²) in [5.41, 5.74) is 7.65. The summed E-state index contributed by atoms with van der Waals surface area (Å²) in [5, 5.41) is 9.17. The molecule has 3 N–H and O–H groups in total. The maximum Gasteiger partial charge on any atom is 0.248 e. The van der Waals surface area contributed by atoms with Crippen LogP contribution in [0.2, 0.25) is 0 Å². The highest BCUT2D eigenvalue weighted by atomic mass is 16.5. The van der Waals surface area contributed by atoms with Crippen LogP contribution in [0.1, 0.15) is 50.0 Å². The Morgan fingerprint density at radius 2 is 1.88 bits per heavy atom. The molecule has 1 aliphatic carbocycles. The number of rotatable bonds is 5. The fourth-order valence-electron chi connectivity index (χ4n) is 4.22. The zero-order valence-electron chi connectivity index (χ0n) is 14.8. The second-order valence-electron chi connectivity index (χ2n) is 7.34. The van der Waals surface area contributed by atoms with Crippen LogP contribution < -0.4 is 5.73 Å². The molecular formula is C20H30N2O3. The van der Waals surface area contributed by atoms with Gasteiger partial charge in [-0.2, -0.15) is 0 Å². The van der Waals surface area contributed by atoms with E-state index in [0.29, 0.717) is 19.1 Å². The molecule has 1 saturated heterocycles. The van der Waals surface area contributed by atoms with Gasteiger partial charge in [0.1, 0.15) is 6.61 Å². The van der Waals surface area contributed by atoms with Crippen LogP contribution in [0, 0.1) is 0 Å². The summed E-state index contributed by atoms with van der Waals surface area (Å²) in [4.78, 5) is 13.7. The van der Waals surface area contributed by atoms with Crippen LogP contribution in [0.15, 0.2) is 30.3 Å². The van der Waals surface area contributed by atoms with Crippen molar-refractivity contribution in [2.45, 2.75) is 62.6 Å². The van der Waals surface area contributed by atoms with Crippen molar-refractivity contribution in [3.63, 3.8) is 0 Å². The molecule has 1 heterocycles. The van der Waals surface area contributed by atoms with Gasteiger partial charge in [-0.1, -0.05) is 30.3 Å². The maximum atomic E-state index is 11.9. The number of nitrogens with zero attached hydrogens (tertiary/aromatic N) is 1. The Bertz CT molecular complexity index is 543. The molecule has 5 heteroatoms. The van der Waals surface area contributed by atoms with E-state index in [0.717, 1.165) is 38.5 Å². The Morgan fingerprint density at radius 1 is 1.16 bits per heavy atom. The number of hydrogen-bond acceptors (Lipinski definition) is 4. The van der Waals surface area contributed by atoms with E-state index in [1.165, 1.54) is 5.56 Å². The second-order valence-corrected chi connectivity index (χ2v) is 7.34. The summed E-state index contributed by atoms with van der Waals surface area (Å²) >= 11 is 0. The lowest BCUT2D eigenvalue weighted by atomic mass is 9.83. The van der Waals surface area contributed by atoms with Crippen LogP contribution in [0.3, 0.4) is 0 Å². The molecule has 1 aliphatic heterocycles. The van der Waals surface area contributed by atoms with Crippen molar-refractivity contribution in [3.8, 4) is 0 Å². The number of hydrogen-bond donors (Lipinski definition) is 2. The normalized spacial score (nSPS) is 30.2. The zero-order chi connectivity index (χ0) is 17.6. The predicted molar refractivity (Wildman–Crippen MR) is 97.2 cm³/mol. The number of piperidine rings is 1. The van der Waals surface area contributed by atoms with E-state index in [2.05, 4.69) is 30.3 Å². The Kier molecular flexibility index (Phi) is 6.45. The fraction of sp³-hybridized carbons (Fsp3) is 0.650. The number of aliphatic hydroxyl groups excluding tert-OH is 1. The number of ether oxygens (including phenoxy) is 1. The Morgan fingerprint density at radius 3 is 2.56 bits per heavy atom. The molecule has 0 aromatic heterocycles. The smallest absolute Gasteiger partial charge is 0.248 e. The molecule has 1 aromatic carbocycles. The first-order valence-corrected chi connectivity index (χ1v) is 9.51. The quantitative estimate of drug-likeness (QED) is 0.855. The molecule has 3 rings (SSSR count). The first-order chi connectivity index (χ1) is 12.2. The highest BCUT2D eigenvalue weighted by molar-refractivity contribution is 5.77. The number of amides is 1. The van der Waals surface area contributed by atoms with Crippen molar-refractivity contribution >= 4 is 5.91 Å². The maximum absolute atomic E-state index is 11.9. The summed E-state index contributed by atoms with van der Waals surface area (Å²) < 4.78 is 6.15. The van der Waals surface area contributed by atoms with Gasteiger partial charge in [0, 0.05) is 12.6 Å². The van der Waals surface area contributed by atoms with Crippen LogP contribution in [-0.4, -0.2) is 53.9 Å². The molecule has 0 radical (unpaired) electrons. The van der Waals surface area contributed by atoms with Crippen LogP contribution in [0.5, 0.6) is 0 Å². The minimum atomic E-state index is -0.453. The lowest BCUT2D eigenvalue weighted by Crippen LogP contribution is -2.57. The molecule has 2 fully saturated rings. The standard InChI is InChI=1S/C20H30N2O3/c21-18-7-4-12-22(20(24)13-23)19(18)14-25-17-10-8-16(9-11-17)15-5-2-1-3-6-15/h1-3,5-6,16-19,23H,4,7-14,21H2/t16-,17+,18-,19-/m0/s1. The minimum absolute atomic E-state index is 0.0649. The van der Waals surface area contributed by atoms with E-state index in [4.69, 9.17) is 10.5 Å². The molecule has 1 aromatic rings. The monoisotopic (exact) mass is 346 g/mol. The van der Waals surface area contributed by atoms with Crippen molar-refractivity contribution < 1.29 is 14.6 Å². The lowest BCUT2D eigenvalue weighted by molar-refractivity contribution is -0.141. The van der Waals surface area contributed by atoms with Crippen molar-refractivity contribution in [2.24, 2.45) is 5.73 Å². The Balaban J connectivity index is 1.49. The number of likely N-dealkylation sites (tertiary alicyclic amines) is 1. The predicted octanol–water partition coefficient (Wildman–Crippen LogP) is 2.04. The number of carbonyl (C=O) groups is 1. The topological polar surface area (TPSA) is 75.8 Å². The molecule has 25 heavy (non-hydrogen) atoms. The molecule has 5 nitrogen and oxygen atoms in total. The van der Waals surface area contributed by atoms with Crippen molar-refractivity contribution in [1.29, 1.82) is 0 Å². The highest BCUT2D eigenvalue weighted by Gasteiger charge is 2.33. The van der Waals surface area contributed by atoms with Crippen molar-refractivity contribution in [3.05, 3.63) is 35.9 Å². The molecule has 0 bridgehead atoms. The van der Waals surface area contributed by atoms with Gasteiger partial charge in [0.2, 0.25) is 5.91 Å². The van der Waals surface area contributed by atoms with Crippen LogP contribution in [0.4, 0.5) is 0 Å². The van der Waals surface area contributed by atoms with E-state index in [1.54, 1.807) is 4.90 Å². The van der Waals surface area contributed by atoms with Gasteiger partial charge in [-0.15, -0.1) is 0 Å². The van der Waals surface area contributed by atoms with E-state index < -0.39 is 6.61 Å². The number of carbonyl (C=O) groups excluding carboxylic acids is 1. The molecule has 138 valence electrons. The first-order valence-electron chi connectivity index (χ1n) is 9.51. The van der Waals surface area contributed by atoms with Crippen molar-refractivity contribution in [2.75, 3.05) is 19.8 Å². The SMILES string of the molecule is N[C@H]1CCCN(C(=O)CO)[C@H]1CO[C@H]1CC[C@@H](c2ccccc2)CC1. The van der Waals surface area contributed by atoms with Gasteiger partial charge in [-0.05, 0) is 50.0 Å². The van der Waals surface area contributed by atoms with Crippen LogP contribution in [0.25, 0.3) is 0 Å². The van der Waals surface area contributed by atoms with Gasteiger partial charge in [0.25, 0.3) is 0 Å². The zero-order valence-corrected chi connectivity index (χ0v) is 14.8. The Labute approximate surface area is 150 Å². The lowest BCUT2D eigenvalue weighted by Gasteiger charge is -2.40. The average molecular weight is 346 g/mol. The van der Waals surface area contributed by atoms with Gasteiger partial charge in [-0.25, -0.2) is 0 Å². The molecule has 1 saturated carbocycles. The summed E-state index contributed by atoms with van der Waals surface area (Å²) in [6, 6.07) is 10.5. The fourth-order valence-corrected chi connectivity index (χ4v) is 4.22. The van der Waals surface area contributed by atoms with E-state index >= 15 is 0 Å². The first kappa shape index (κ1) is 18.4.